The minimum absolute atomic E-state index is 0.367. The molecule has 152 valence electrons. The van der Waals surface area contributed by atoms with Gasteiger partial charge < -0.3 is 19.9 Å². The maximum absolute atomic E-state index is 13.0. The molecule has 4 rings (SSSR count). The average Bonchev–Trinajstić information content (AvgIpc) is 3.34. The van der Waals surface area contributed by atoms with Crippen LogP contribution in [0.3, 0.4) is 0 Å². The topological polar surface area (TPSA) is 102 Å². The van der Waals surface area contributed by atoms with E-state index in [4.69, 9.17) is 9.47 Å². The van der Waals surface area contributed by atoms with E-state index in [1.807, 2.05) is 0 Å². The summed E-state index contributed by atoms with van der Waals surface area (Å²) in [5.74, 6) is -3.39. The highest BCUT2D eigenvalue weighted by atomic mass is 32.1. The summed E-state index contributed by atoms with van der Waals surface area (Å²) < 4.78 is 10.7. The predicted octanol–water partition coefficient (Wildman–Crippen LogP) is 3.01. The van der Waals surface area contributed by atoms with Crippen LogP contribution in [0.5, 0.6) is 0 Å². The Morgan fingerprint density at radius 2 is 1.75 bits per heavy atom. The van der Waals surface area contributed by atoms with Gasteiger partial charge in [0, 0.05) is 4.88 Å². The normalized spacial score (nSPS) is 28.9. The van der Waals surface area contributed by atoms with E-state index in [2.05, 4.69) is 5.32 Å². The smallest absolute Gasteiger partial charge is 0.341 e. The molecule has 2 bridgehead atoms. The Balaban J connectivity index is 1.63. The molecule has 0 spiro atoms. The highest BCUT2D eigenvalue weighted by Crippen LogP contribution is 2.45. The number of fused-ring (bicyclic) bond motifs is 3. The van der Waals surface area contributed by atoms with Crippen LogP contribution in [0.2, 0.25) is 0 Å². The van der Waals surface area contributed by atoms with Gasteiger partial charge in [-0.15, -0.1) is 11.3 Å². The second kappa shape index (κ2) is 7.83. The number of rotatable bonds is 4. The Morgan fingerprint density at radius 1 is 1.07 bits per heavy atom. The van der Waals surface area contributed by atoms with Gasteiger partial charge in [0.25, 0.3) is 0 Å². The number of hydrogen-bond acceptors (Lipinski definition) is 6. The van der Waals surface area contributed by atoms with Crippen molar-refractivity contribution >= 4 is 34.2 Å². The molecule has 0 unspecified atom stereocenters. The number of amides is 1. The lowest BCUT2D eigenvalue weighted by Gasteiger charge is -2.23. The molecule has 3 heterocycles. The first kappa shape index (κ1) is 19.4. The number of carbonyl (C=O) groups excluding carboxylic acids is 2. The van der Waals surface area contributed by atoms with E-state index in [-0.39, 0.29) is 12.0 Å². The fourth-order valence-corrected chi connectivity index (χ4v) is 6.13. The number of aliphatic carboxylic acids is 1. The van der Waals surface area contributed by atoms with Crippen LogP contribution in [-0.2, 0) is 31.9 Å². The number of ether oxygens (including phenoxy) is 2. The van der Waals surface area contributed by atoms with Gasteiger partial charge in [0.2, 0.25) is 5.91 Å². The van der Waals surface area contributed by atoms with Gasteiger partial charge in [0.15, 0.2) is 0 Å². The van der Waals surface area contributed by atoms with E-state index < -0.39 is 29.9 Å². The highest BCUT2D eigenvalue weighted by Gasteiger charge is 2.55. The Labute approximate surface area is 167 Å². The molecule has 4 atom stereocenters. The van der Waals surface area contributed by atoms with Crippen molar-refractivity contribution < 1.29 is 29.0 Å². The zero-order chi connectivity index (χ0) is 19.8. The number of thiophene rings is 1. The minimum atomic E-state index is -1.00. The molecule has 28 heavy (non-hydrogen) atoms. The molecular weight excluding hydrogens is 382 g/mol. The summed E-state index contributed by atoms with van der Waals surface area (Å²) in [4.78, 5) is 38.3. The summed E-state index contributed by atoms with van der Waals surface area (Å²) in [5, 5.41) is 12.9. The van der Waals surface area contributed by atoms with E-state index in [1.165, 1.54) is 18.4 Å². The Hall–Kier alpha value is -1.93. The van der Waals surface area contributed by atoms with Gasteiger partial charge in [-0.25, -0.2) is 4.79 Å². The minimum Gasteiger partial charge on any atom is -0.481 e. The van der Waals surface area contributed by atoms with E-state index in [0.29, 0.717) is 23.4 Å². The summed E-state index contributed by atoms with van der Waals surface area (Å²) in [6, 6.07) is 0. The second-order valence-electron chi connectivity index (χ2n) is 7.78. The van der Waals surface area contributed by atoms with Crippen LogP contribution in [0.25, 0.3) is 0 Å². The van der Waals surface area contributed by atoms with Crippen LogP contribution >= 0.6 is 11.3 Å². The molecule has 1 aliphatic carbocycles. The summed E-state index contributed by atoms with van der Waals surface area (Å²) in [6.45, 7) is 0. The van der Waals surface area contributed by atoms with Crippen molar-refractivity contribution in [2.24, 2.45) is 11.8 Å². The first-order valence-electron chi connectivity index (χ1n) is 9.93. The Morgan fingerprint density at radius 3 is 2.43 bits per heavy atom. The van der Waals surface area contributed by atoms with Crippen molar-refractivity contribution in [3.05, 3.63) is 16.0 Å². The zero-order valence-electron chi connectivity index (χ0n) is 15.9. The van der Waals surface area contributed by atoms with Crippen molar-refractivity contribution in [2.75, 3.05) is 12.4 Å². The van der Waals surface area contributed by atoms with E-state index in [0.717, 1.165) is 49.0 Å². The van der Waals surface area contributed by atoms with Gasteiger partial charge in [-0.3, -0.25) is 9.59 Å². The second-order valence-corrected chi connectivity index (χ2v) is 8.89. The summed E-state index contributed by atoms with van der Waals surface area (Å²) in [6.07, 6.45) is 6.62. The molecule has 0 aromatic carbocycles. The molecule has 2 N–H and O–H groups in total. The lowest BCUT2D eigenvalue weighted by Crippen LogP contribution is -2.41. The molecule has 2 fully saturated rings. The lowest BCUT2D eigenvalue weighted by atomic mass is 9.78. The summed E-state index contributed by atoms with van der Waals surface area (Å²) >= 11 is 1.42. The number of carboxylic acid groups (broad SMARTS) is 1. The summed E-state index contributed by atoms with van der Waals surface area (Å²) in [7, 11) is 1.34. The van der Waals surface area contributed by atoms with Gasteiger partial charge in [0.05, 0.1) is 36.7 Å². The SMILES string of the molecule is COC(=O)c1c(NC(=O)[C@H]2[C@@H](C(=O)O)[C@H]3CC[C@@H]2O3)sc2c1CCCCCC2. The number of hydrogen-bond donors (Lipinski definition) is 2. The number of carboxylic acids is 1. The molecule has 2 saturated heterocycles. The lowest BCUT2D eigenvalue weighted by molar-refractivity contribution is -0.147. The highest BCUT2D eigenvalue weighted by molar-refractivity contribution is 7.17. The molecule has 2 aliphatic heterocycles. The first-order valence-corrected chi connectivity index (χ1v) is 10.7. The third kappa shape index (κ3) is 3.33. The summed E-state index contributed by atoms with van der Waals surface area (Å²) in [5.41, 5.74) is 1.42. The number of anilines is 1. The van der Waals surface area contributed by atoms with Crippen LogP contribution < -0.4 is 5.32 Å². The standard InChI is InChI=1S/C20H25NO6S/c1-26-20(25)14-10-6-4-2-3-5-7-13(10)28-18(14)21-17(22)15-11-8-9-12(27-11)16(15)19(23)24/h11-12,15-16H,2-9H2,1H3,(H,21,22)(H,23,24)/t11-,12+,15+,16-/m0/s1. The molecule has 8 heteroatoms. The third-order valence-corrected chi connectivity index (χ3v) is 7.37. The maximum Gasteiger partial charge on any atom is 0.341 e. The number of nitrogens with one attached hydrogen (secondary N) is 1. The van der Waals surface area contributed by atoms with Crippen LogP contribution in [0.15, 0.2) is 0 Å². The van der Waals surface area contributed by atoms with Crippen molar-refractivity contribution in [3.8, 4) is 0 Å². The van der Waals surface area contributed by atoms with Crippen LogP contribution in [0.1, 0.15) is 59.3 Å². The monoisotopic (exact) mass is 407 g/mol. The number of aryl methyl sites for hydroxylation is 1. The average molecular weight is 407 g/mol. The molecule has 7 nitrogen and oxygen atoms in total. The molecule has 1 aromatic heterocycles. The van der Waals surface area contributed by atoms with Crippen molar-refractivity contribution in [2.45, 2.75) is 63.6 Å². The number of carbonyl (C=O) groups is 3. The number of methoxy groups -OCH3 is 1. The van der Waals surface area contributed by atoms with Crippen molar-refractivity contribution in [1.29, 1.82) is 0 Å². The largest absolute Gasteiger partial charge is 0.481 e. The fraction of sp³-hybridized carbons (Fsp3) is 0.650. The van der Waals surface area contributed by atoms with Crippen molar-refractivity contribution in [1.82, 2.24) is 0 Å². The first-order chi connectivity index (χ1) is 13.5. The molecule has 1 amide bonds. The van der Waals surface area contributed by atoms with Gasteiger partial charge in [0.1, 0.15) is 5.00 Å². The van der Waals surface area contributed by atoms with Gasteiger partial charge >= 0.3 is 11.9 Å². The fourth-order valence-electron chi connectivity index (χ4n) is 4.85. The van der Waals surface area contributed by atoms with Crippen LogP contribution in [-0.4, -0.2) is 42.3 Å². The van der Waals surface area contributed by atoms with Gasteiger partial charge in [-0.05, 0) is 44.1 Å². The predicted molar refractivity (Wildman–Crippen MR) is 103 cm³/mol. The van der Waals surface area contributed by atoms with Gasteiger partial charge in [-0.2, -0.15) is 0 Å². The molecule has 3 aliphatic rings. The quantitative estimate of drug-likeness (QED) is 0.744. The van der Waals surface area contributed by atoms with Gasteiger partial charge in [-0.1, -0.05) is 12.8 Å². The molecular formula is C20H25NO6S. The van der Waals surface area contributed by atoms with Crippen LogP contribution in [0, 0.1) is 11.8 Å². The van der Waals surface area contributed by atoms with Crippen LogP contribution in [0.4, 0.5) is 5.00 Å². The number of esters is 1. The third-order valence-electron chi connectivity index (χ3n) is 6.16. The van der Waals surface area contributed by atoms with E-state index in [1.54, 1.807) is 0 Å². The van der Waals surface area contributed by atoms with E-state index >= 15 is 0 Å². The molecule has 0 radical (unpaired) electrons. The Kier molecular flexibility index (Phi) is 5.42. The maximum atomic E-state index is 13.0. The molecule has 1 aromatic rings. The van der Waals surface area contributed by atoms with E-state index in [9.17, 15) is 19.5 Å². The van der Waals surface area contributed by atoms with Crippen molar-refractivity contribution in [3.63, 3.8) is 0 Å². The Bertz CT molecular complexity index is 803. The molecule has 0 saturated carbocycles. The zero-order valence-corrected chi connectivity index (χ0v) is 16.7.